The molecule has 0 aliphatic heterocycles. The Balaban J connectivity index is 2.25. The SMILES string of the molecule is CCOc1ccc(C(=O)N(N)S(=O)(=O)c2ccc(C)cc2)cc1. The van der Waals surface area contributed by atoms with Crippen LogP contribution < -0.4 is 10.6 Å². The molecule has 0 spiro atoms. The zero-order valence-corrected chi connectivity index (χ0v) is 13.7. The van der Waals surface area contributed by atoms with Gasteiger partial charge in [0, 0.05) is 5.56 Å². The molecule has 2 aromatic rings. The number of hydrogen-bond donors (Lipinski definition) is 1. The Morgan fingerprint density at radius 1 is 1.09 bits per heavy atom. The number of nitrogens with two attached hydrogens (primary N) is 1. The quantitative estimate of drug-likeness (QED) is 0.514. The minimum atomic E-state index is -4.09. The molecule has 0 aliphatic rings. The molecule has 7 heteroatoms. The summed E-state index contributed by atoms with van der Waals surface area (Å²) >= 11 is 0. The van der Waals surface area contributed by atoms with Crippen molar-refractivity contribution in [1.29, 1.82) is 0 Å². The van der Waals surface area contributed by atoms with Gasteiger partial charge in [-0.05, 0) is 50.2 Å². The van der Waals surface area contributed by atoms with E-state index in [1.165, 1.54) is 24.3 Å². The molecule has 122 valence electrons. The van der Waals surface area contributed by atoms with E-state index < -0.39 is 15.9 Å². The maximum atomic E-state index is 12.4. The standard InChI is InChI=1S/C16H18N2O4S/c1-3-22-14-8-6-13(7-9-14)16(19)18(17)23(20,21)15-10-4-12(2)5-11-15/h4-11H,3,17H2,1-2H3. The average Bonchev–Trinajstić information content (AvgIpc) is 2.55. The molecule has 2 rings (SSSR count). The van der Waals surface area contributed by atoms with E-state index in [0.717, 1.165) is 5.56 Å². The van der Waals surface area contributed by atoms with Gasteiger partial charge in [-0.25, -0.2) is 5.84 Å². The van der Waals surface area contributed by atoms with Crippen molar-refractivity contribution in [3.8, 4) is 5.75 Å². The Morgan fingerprint density at radius 3 is 2.17 bits per heavy atom. The Morgan fingerprint density at radius 2 is 1.65 bits per heavy atom. The second kappa shape index (κ2) is 6.80. The van der Waals surface area contributed by atoms with Crippen LogP contribution in [0.2, 0.25) is 0 Å². The monoisotopic (exact) mass is 334 g/mol. The number of sulfonamides is 1. The Hall–Kier alpha value is -2.38. The topological polar surface area (TPSA) is 89.7 Å². The van der Waals surface area contributed by atoms with Crippen LogP contribution in [0.3, 0.4) is 0 Å². The summed E-state index contributed by atoms with van der Waals surface area (Å²) in [7, 11) is -4.09. The molecule has 2 N–H and O–H groups in total. The van der Waals surface area contributed by atoms with E-state index in [-0.39, 0.29) is 14.9 Å². The van der Waals surface area contributed by atoms with Gasteiger partial charge < -0.3 is 4.74 Å². The lowest BCUT2D eigenvalue weighted by atomic mass is 10.2. The number of aryl methyl sites for hydroxylation is 1. The first-order valence-corrected chi connectivity index (χ1v) is 8.44. The van der Waals surface area contributed by atoms with Crippen molar-refractivity contribution in [2.45, 2.75) is 18.7 Å². The third-order valence-corrected chi connectivity index (χ3v) is 4.74. The van der Waals surface area contributed by atoms with Gasteiger partial charge in [0.05, 0.1) is 11.5 Å². The Labute approximate surface area is 135 Å². The summed E-state index contributed by atoms with van der Waals surface area (Å²) in [6.45, 7) is 4.18. The second-order valence-electron chi connectivity index (χ2n) is 4.88. The normalized spacial score (nSPS) is 11.1. The van der Waals surface area contributed by atoms with E-state index in [1.807, 2.05) is 13.8 Å². The number of carbonyl (C=O) groups excluding carboxylic acids is 1. The van der Waals surface area contributed by atoms with E-state index in [9.17, 15) is 13.2 Å². The summed E-state index contributed by atoms with van der Waals surface area (Å²) in [4.78, 5) is 12.2. The molecule has 6 nitrogen and oxygen atoms in total. The van der Waals surface area contributed by atoms with Gasteiger partial charge in [0.15, 0.2) is 0 Å². The van der Waals surface area contributed by atoms with Gasteiger partial charge in [-0.1, -0.05) is 17.7 Å². The van der Waals surface area contributed by atoms with E-state index >= 15 is 0 Å². The first-order chi connectivity index (χ1) is 10.9. The molecule has 0 bridgehead atoms. The molecule has 0 saturated heterocycles. The highest BCUT2D eigenvalue weighted by molar-refractivity contribution is 7.89. The molecule has 0 aromatic heterocycles. The number of nitrogens with zero attached hydrogens (tertiary/aromatic N) is 1. The molecule has 23 heavy (non-hydrogen) atoms. The number of ether oxygens (including phenoxy) is 1. The third-order valence-electron chi connectivity index (χ3n) is 3.19. The van der Waals surface area contributed by atoms with E-state index in [4.69, 9.17) is 10.6 Å². The average molecular weight is 334 g/mol. The molecule has 0 saturated carbocycles. The van der Waals surface area contributed by atoms with Crippen LogP contribution in [0.15, 0.2) is 53.4 Å². The fourth-order valence-electron chi connectivity index (χ4n) is 1.92. The summed E-state index contributed by atoms with van der Waals surface area (Å²) in [5.74, 6) is 5.34. The number of carbonyl (C=O) groups is 1. The van der Waals surface area contributed by atoms with E-state index in [0.29, 0.717) is 12.4 Å². The van der Waals surface area contributed by atoms with Gasteiger partial charge in [-0.15, -0.1) is 0 Å². The number of hydrazine groups is 1. The number of amides is 1. The molecule has 0 radical (unpaired) electrons. The molecule has 0 heterocycles. The fourth-order valence-corrected chi connectivity index (χ4v) is 2.95. The van der Waals surface area contributed by atoms with Gasteiger partial charge in [-0.2, -0.15) is 12.8 Å². The van der Waals surface area contributed by atoms with Gasteiger partial charge in [0.25, 0.3) is 15.9 Å². The molecular weight excluding hydrogens is 316 g/mol. The summed E-state index contributed by atoms with van der Waals surface area (Å²) in [6.07, 6.45) is 0. The van der Waals surface area contributed by atoms with E-state index in [2.05, 4.69) is 0 Å². The molecule has 2 aromatic carbocycles. The van der Waals surface area contributed by atoms with Crippen LogP contribution in [-0.4, -0.2) is 25.3 Å². The van der Waals surface area contributed by atoms with Gasteiger partial charge in [-0.3, -0.25) is 4.79 Å². The van der Waals surface area contributed by atoms with Crippen molar-refractivity contribution < 1.29 is 17.9 Å². The van der Waals surface area contributed by atoms with Crippen LogP contribution in [-0.2, 0) is 10.0 Å². The largest absolute Gasteiger partial charge is 0.494 e. The second-order valence-corrected chi connectivity index (χ2v) is 6.69. The number of hydrogen-bond acceptors (Lipinski definition) is 5. The van der Waals surface area contributed by atoms with Crippen LogP contribution in [0, 0.1) is 6.92 Å². The van der Waals surface area contributed by atoms with Crippen molar-refractivity contribution in [3.05, 3.63) is 59.7 Å². The first-order valence-electron chi connectivity index (χ1n) is 7.00. The number of rotatable bonds is 5. The molecule has 0 aliphatic carbocycles. The van der Waals surface area contributed by atoms with Crippen LogP contribution in [0.25, 0.3) is 0 Å². The predicted octanol–water partition coefficient (Wildman–Crippen LogP) is 2.10. The zero-order chi connectivity index (χ0) is 17.0. The summed E-state index contributed by atoms with van der Waals surface area (Å²) in [6, 6.07) is 12.2. The predicted molar refractivity (Wildman–Crippen MR) is 86.3 cm³/mol. The maximum Gasteiger partial charge on any atom is 0.282 e. The molecular formula is C16H18N2O4S. The fraction of sp³-hybridized carbons (Fsp3) is 0.188. The van der Waals surface area contributed by atoms with Crippen molar-refractivity contribution in [2.24, 2.45) is 5.84 Å². The highest BCUT2D eigenvalue weighted by Crippen LogP contribution is 2.18. The number of benzene rings is 2. The van der Waals surface area contributed by atoms with E-state index in [1.54, 1.807) is 24.3 Å². The summed E-state index contributed by atoms with van der Waals surface area (Å²) < 4.78 is 30.3. The Kier molecular flexibility index (Phi) is 5.02. The Bertz CT molecular complexity index is 784. The van der Waals surface area contributed by atoms with Gasteiger partial charge >= 0.3 is 0 Å². The smallest absolute Gasteiger partial charge is 0.282 e. The summed E-state index contributed by atoms with van der Waals surface area (Å²) in [5, 5.41) is 0. The highest BCUT2D eigenvalue weighted by atomic mass is 32.2. The minimum Gasteiger partial charge on any atom is -0.494 e. The first kappa shape index (κ1) is 17.0. The van der Waals surface area contributed by atoms with Crippen molar-refractivity contribution >= 4 is 15.9 Å². The van der Waals surface area contributed by atoms with Crippen molar-refractivity contribution in [3.63, 3.8) is 0 Å². The molecule has 1 amide bonds. The molecule has 0 unspecified atom stereocenters. The van der Waals surface area contributed by atoms with Gasteiger partial charge in [0.2, 0.25) is 0 Å². The third kappa shape index (κ3) is 3.69. The highest BCUT2D eigenvalue weighted by Gasteiger charge is 2.27. The molecule has 0 atom stereocenters. The lowest BCUT2D eigenvalue weighted by Gasteiger charge is -2.17. The van der Waals surface area contributed by atoms with Crippen LogP contribution in [0.4, 0.5) is 0 Å². The minimum absolute atomic E-state index is 0.0371. The molecule has 0 fully saturated rings. The maximum absolute atomic E-state index is 12.4. The van der Waals surface area contributed by atoms with Crippen molar-refractivity contribution in [1.82, 2.24) is 4.41 Å². The van der Waals surface area contributed by atoms with Gasteiger partial charge in [0.1, 0.15) is 5.75 Å². The lowest BCUT2D eigenvalue weighted by molar-refractivity contribution is 0.0861. The lowest BCUT2D eigenvalue weighted by Crippen LogP contribution is -2.42. The van der Waals surface area contributed by atoms with Crippen LogP contribution in [0.5, 0.6) is 5.75 Å². The zero-order valence-electron chi connectivity index (χ0n) is 12.9. The summed E-state index contributed by atoms with van der Waals surface area (Å²) in [5.41, 5.74) is 1.07. The van der Waals surface area contributed by atoms with Crippen molar-refractivity contribution in [2.75, 3.05) is 6.61 Å². The van der Waals surface area contributed by atoms with Crippen LogP contribution in [0.1, 0.15) is 22.8 Å². The van der Waals surface area contributed by atoms with Crippen LogP contribution >= 0.6 is 0 Å².